The minimum atomic E-state index is -0.390. The highest BCUT2D eigenvalue weighted by molar-refractivity contribution is 6.00. The first-order valence-corrected chi connectivity index (χ1v) is 7.14. The number of pyridine rings is 1. The molecule has 6 nitrogen and oxygen atoms in total. The lowest BCUT2D eigenvalue weighted by molar-refractivity contribution is -0.120. The topological polar surface area (TPSA) is 83.5 Å². The van der Waals surface area contributed by atoms with Gasteiger partial charge < -0.3 is 5.32 Å². The monoisotopic (exact) mass is 310 g/mol. The SMILES string of the molecule is C/C(=N/NC(=O)CNC(=O)c1ccncc1)c1ccc(C)cc1. The van der Waals surface area contributed by atoms with Gasteiger partial charge in [-0.1, -0.05) is 29.8 Å². The van der Waals surface area contributed by atoms with Crippen LogP contribution in [0.2, 0.25) is 0 Å². The quantitative estimate of drug-likeness (QED) is 0.651. The number of rotatable bonds is 5. The van der Waals surface area contributed by atoms with Crippen molar-refractivity contribution in [3.8, 4) is 0 Å². The van der Waals surface area contributed by atoms with Gasteiger partial charge in [0.25, 0.3) is 11.8 Å². The maximum atomic E-state index is 11.8. The van der Waals surface area contributed by atoms with E-state index in [2.05, 4.69) is 20.8 Å². The summed E-state index contributed by atoms with van der Waals surface area (Å²) in [5, 5.41) is 6.55. The van der Waals surface area contributed by atoms with E-state index in [1.54, 1.807) is 19.1 Å². The van der Waals surface area contributed by atoms with E-state index in [9.17, 15) is 9.59 Å². The molecule has 2 aromatic rings. The van der Waals surface area contributed by atoms with Gasteiger partial charge in [-0.05, 0) is 31.5 Å². The molecule has 2 N–H and O–H groups in total. The molecule has 1 aromatic heterocycles. The van der Waals surface area contributed by atoms with Gasteiger partial charge in [-0.25, -0.2) is 5.43 Å². The standard InChI is InChI=1S/C17H18N4O2/c1-12-3-5-14(6-4-12)13(2)20-21-16(22)11-19-17(23)15-7-9-18-10-8-15/h3-10H,11H2,1-2H3,(H,19,23)(H,21,22)/b20-13-. The van der Waals surface area contributed by atoms with E-state index in [4.69, 9.17) is 0 Å². The molecule has 1 heterocycles. The summed E-state index contributed by atoms with van der Waals surface area (Å²) in [5.41, 5.74) is 5.65. The summed E-state index contributed by atoms with van der Waals surface area (Å²) in [7, 11) is 0. The average Bonchev–Trinajstić information content (AvgIpc) is 2.59. The number of carbonyl (C=O) groups excluding carboxylic acids is 2. The van der Waals surface area contributed by atoms with Crippen LogP contribution in [0.3, 0.4) is 0 Å². The predicted molar refractivity (Wildman–Crippen MR) is 88.1 cm³/mol. The van der Waals surface area contributed by atoms with Gasteiger partial charge in [-0.3, -0.25) is 14.6 Å². The van der Waals surface area contributed by atoms with E-state index in [1.807, 2.05) is 31.2 Å². The molecule has 0 spiro atoms. The number of carbonyl (C=O) groups is 2. The third-order valence-corrected chi connectivity index (χ3v) is 3.17. The van der Waals surface area contributed by atoms with Crippen LogP contribution in [0.5, 0.6) is 0 Å². The zero-order chi connectivity index (χ0) is 16.7. The van der Waals surface area contributed by atoms with Crippen LogP contribution < -0.4 is 10.7 Å². The Morgan fingerprint density at radius 2 is 1.70 bits per heavy atom. The lowest BCUT2D eigenvalue weighted by Crippen LogP contribution is -2.35. The maximum Gasteiger partial charge on any atom is 0.259 e. The van der Waals surface area contributed by atoms with Crippen LogP contribution in [0.4, 0.5) is 0 Å². The molecule has 6 heteroatoms. The second-order valence-corrected chi connectivity index (χ2v) is 5.02. The second kappa shape index (κ2) is 7.84. The second-order valence-electron chi connectivity index (χ2n) is 5.02. The molecule has 1 aromatic carbocycles. The van der Waals surface area contributed by atoms with Crippen LogP contribution in [0.15, 0.2) is 53.9 Å². The molecule has 118 valence electrons. The van der Waals surface area contributed by atoms with E-state index in [-0.39, 0.29) is 18.4 Å². The van der Waals surface area contributed by atoms with Crippen molar-refractivity contribution in [1.29, 1.82) is 0 Å². The Hall–Kier alpha value is -3.02. The Labute approximate surface area is 134 Å². The van der Waals surface area contributed by atoms with Gasteiger partial charge in [0.2, 0.25) is 0 Å². The number of nitrogens with zero attached hydrogens (tertiary/aromatic N) is 2. The normalized spacial score (nSPS) is 11.0. The Morgan fingerprint density at radius 3 is 2.35 bits per heavy atom. The first-order chi connectivity index (χ1) is 11.1. The average molecular weight is 310 g/mol. The highest BCUT2D eigenvalue weighted by atomic mass is 16.2. The maximum absolute atomic E-state index is 11.8. The zero-order valence-electron chi connectivity index (χ0n) is 13.0. The minimum Gasteiger partial charge on any atom is -0.343 e. The molecule has 0 fully saturated rings. The molecule has 0 aliphatic carbocycles. The highest BCUT2D eigenvalue weighted by Gasteiger charge is 2.07. The van der Waals surface area contributed by atoms with Crippen molar-refractivity contribution in [1.82, 2.24) is 15.7 Å². The van der Waals surface area contributed by atoms with Crippen LogP contribution in [-0.4, -0.2) is 29.1 Å². The lowest BCUT2D eigenvalue weighted by atomic mass is 10.1. The number of aromatic nitrogens is 1. The van der Waals surface area contributed by atoms with Crippen molar-refractivity contribution in [2.24, 2.45) is 5.10 Å². The number of hydrogen-bond acceptors (Lipinski definition) is 4. The van der Waals surface area contributed by atoms with Gasteiger partial charge in [0.05, 0.1) is 12.3 Å². The van der Waals surface area contributed by atoms with Crippen molar-refractivity contribution in [2.45, 2.75) is 13.8 Å². The van der Waals surface area contributed by atoms with E-state index >= 15 is 0 Å². The fraction of sp³-hybridized carbons (Fsp3) is 0.176. The number of amides is 2. The Balaban J connectivity index is 1.84. The molecule has 0 saturated heterocycles. The number of aryl methyl sites for hydroxylation is 1. The number of nitrogens with one attached hydrogen (secondary N) is 2. The molecule has 0 radical (unpaired) electrons. The van der Waals surface area contributed by atoms with Gasteiger partial charge in [-0.15, -0.1) is 0 Å². The van der Waals surface area contributed by atoms with Gasteiger partial charge in [0, 0.05) is 18.0 Å². The third-order valence-electron chi connectivity index (χ3n) is 3.17. The Morgan fingerprint density at radius 1 is 1.04 bits per heavy atom. The first kappa shape index (κ1) is 16.4. The van der Waals surface area contributed by atoms with Crippen LogP contribution in [0, 0.1) is 6.92 Å². The Kier molecular flexibility index (Phi) is 5.57. The van der Waals surface area contributed by atoms with E-state index in [1.165, 1.54) is 12.4 Å². The van der Waals surface area contributed by atoms with E-state index in [0.29, 0.717) is 11.3 Å². The van der Waals surface area contributed by atoms with Crippen molar-refractivity contribution < 1.29 is 9.59 Å². The molecule has 2 amide bonds. The molecule has 2 rings (SSSR count). The smallest absolute Gasteiger partial charge is 0.259 e. The van der Waals surface area contributed by atoms with E-state index < -0.39 is 0 Å². The first-order valence-electron chi connectivity index (χ1n) is 7.14. The van der Waals surface area contributed by atoms with Gasteiger partial charge >= 0.3 is 0 Å². The molecule has 0 saturated carbocycles. The molecule has 0 bridgehead atoms. The third kappa shape index (κ3) is 5.03. The minimum absolute atomic E-state index is 0.147. The summed E-state index contributed by atoms with van der Waals surface area (Å²) < 4.78 is 0. The van der Waals surface area contributed by atoms with Crippen LogP contribution in [-0.2, 0) is 4.79 Å². The number of hydrogen-bond donors (Lipinski definition) is 2. The summed E-state index contributed by atoms with van der Waals surface area (Å²) in [6.07, 6.45) is 3.04. The van der Waals surface area contributed by atoms with Crippen molar-refractivity contribution >= 4 is 17.5 Å². The van der Waals surface area contributed by atoms with Gasteiger partial charge in [0.15, 0.2) is 0 Å². The summed E-state index contributed by atoms with van der Waals surface area (Å²) in [5.74, 6) is -0.722. The van der Waals surface area contributed by atoms with Gasteiger partial charge in [-0.2, -0.15) is 5.10 Å². The summed E-state index contributed by atoms with van der Waals surface area (Å²) >= 11 is 0. The van der Waals surface area contributed by atoms with E-state index in [0.717, 1.165) is 11.1 Å². The van der Waals surface area contributed by atoms with Crippen molar-refractivity contribution in [3.63, 3.8) is 0 Å². The number of hydrazone groups is 1. The largest absolute Gasteiger partial charge is 0.343 e. The summed E-state index contributed by atoms with van der Waals surface area (Å²) in [6, 6.07) is 11.0. The van der Waals surface area contributed by atoms with Crippen molar-refractivity contribution in [3.05, 3.63) is 65.5 Å². The predicted octanol–water partition coefficient (Wildman–Crippen LogP) is 1.66. The summed E-state index contributed by atoms with van der Waals surface area (Å²) in [6.45, 7) is 3.66. The number of benzene rings is 1. The zero-order valence-corrected chi connectivity index (χ0v) is 13.0. The fourth-order valence-electron chi connectivity index (χ4n) is 1.81. The Bertz CT molecular complexity index is 709. The van der Waals surface area contributed by atoms with Gasteiger partial charge in [0.1, 0.15) is 0 Å². The highest BCUT2D eigenvalue weighted by Crippen LogP contribution is 2.04. The molecule has 0 aliphatic rings. The fourth-order valence-corrected chi connectivity index (χ4v) is 1.81. The molecule has 0 aliphatic heterocycles. The molecule has 0 unspecified atom stereocenters. The van der Waals surface area contributed by atoms with Crippen molar-refractivity contribution in [2.75, 3.05) is 6.54 Å². The van der Waals surface area contributed by atoms with Crippen LogP contribution >= 0.6 is 0 Å². The molecular weight excluding hydrogens is 292 g/mol. The van der Waals surface area contributed by atoms with Crippen LogP contribution in [0.25, 0.3) is 0 Å². The summed E-state index contributed by atoms with van der Waals surface area (Å²) in [4.78, 5) is 27.3. The molecule has 23 heavy (non-hydrogen) atoms. The lowest BCUT2D eigenvalue weighted by Gasteiger charge is -2.05. The van der Waals surface area contributed by atoms with Crippen LogP contribution in [0.1, 0.15) is 28.4 Å². The molecular formula is C17H18N4O2. The molecule has 0 atom stereocenters.